The molecule has 1 amide bonds. The van der Waals surface area contributed by atoms with Crippen molar-refractivity contribution in [1.29, 1.82) is 0 Å². The number of hydrogen-bond donors (Lipinski definition) is 1. The van der Waals surface area contributed by atoms with E-state index in [1.165, 1.54) is 5.56 Å². The van der Waals surface area contributed by atoms with Gasteiger partial charge in [-0.2, -0.15) is 0 Å². The number of rotatable bonds is 9. The molecule has 222 valence electrons. The fourth-order valence-corrected chi connectivity index (χ4v) is 6.92. The predicted molar refractivity (Wildman–Crippen MR) is 172 cm³/mol. The Morgan fingerprint density at radius 2 is 1.86 bits per heavy atom. The highest BCUT2D eigenvalue weighted by molar-refractivity contribution is 6.07. The molecule has 0 saturated carbocycles. The molecule has 7 nitrogen and oxygen atoms in total. The number of fused-ring (bicyclic) bond motifs is 5. The highest BCUT2D eigenvalue weighted by Crippen LogP contribution is 2.47. The molecule has 2 aliphatic rings. The second-order valence-electron chi connectivity index (χ2n) is 12.4. The first-order valence-electron chi connectivity index (χ1n) is 15.2. The van der Waals surface area contributed by atoms with E-state index in [-0.39, 0.29) is 11.5 Å². The van der Waals surface area contributed by atoms with Crippen molar-refractivity contribution in [3.8, 4) is 17.0 Å². The van der Waals surface area contributed by atoms with Crippen LogP contribution in [0.25, 0.3) is 33.8 Å². The number of aromatic nitrogens is 2. The van der Waals surface area contributed by atoms with Gasteiger partial charge in [-0.15, -0.1) is 0 Å². The van der Waals surface area contributed by atoms with Crippen molar-refractivity contribution in [3.05, 3.63) is 77.1 Å². The van der Waals surface area contributed by atoms with Gasteiger partial charge >= 0.3 is 5.97 Å². The number of benzene rings is 2. The topological polar surface area (TPSA) is 84.7 Å². The Morgan fingerprint density at radius 3 is 2.51 bits per heavy atom. The van der Waals surface area contributed by atoms with Gasteiger partial charge in [-0.05, 0) is 92.3 Å². The van der Waals surface area contributed by atoms with Crippen LogP contribution in [0.5, 0.6) is 5.75 Å². The number of nitrogens with zero attached hydrogens (tertiary/aromatic N) is 3. The minimum atomic E-state index is -0.946. The number of aromatic carboxylic acids is 1. The van der Waals surface area contributed by atoms with Gasteiger partial charge in [0.05, 0.1) is 41.7 Å². The predicted octanol–water partition coefficient (Wildman–Crippen LogP) is 8.02. The van der Waals surface area contributed by atoms with Crippen LogP contribution in [-0.2, 0) is 11.3 Å². The van der Waals surface area contributed by atoms with Crippen molar-refractivity contribution in [2.75, 3.05) is 18.6 Å². The molecule has 0 atom stereocenters. The van der Waals surface area contributed by atoms with E-state index in [1.54, 1.807) is 19.4 Å². The van der Waals surface area contributed by atoms with E-state index in [9.17, 15) is 14.7 Å². The zero-order valence-electron chi connectivity index (χ0n) is 25.6. The monoisotopic (exact) mass is 577 g/mol. The van der Waals surface area contributed by atoms with Gasteiger partial charge in [0.2, 0.25) is 5.91 Å². The minimum absolute atomic E-state index is 0.0838. The van der Waals surface area contributed by atoms with E-state index in [2.05, 4.69) is 36.6 Å². The average molecular weight is 578 g/mol. The Bertz CT molecular complexity index is 1770. The zero-order chi connectivity index (χ0) is 30.5. The fourth-order valence-electron chi connectivity index (χ4n) is 6.92. The van der Waals surface area contributed by atoms with Gasteiger partial charge in [0.25, 0.3) is 0 Å². The maximum atomic E-state index is 13.1. The largest absolute Gasteiger partial charge is 0.497 e. The minimum Gasteiger partial charge on any atom is -0.497 e. The number of carboxylic acids is 1. The van der Waals surface area contributed by atoms with E-state index in [1.807, 2.05) is 49.1 Å². The second kappa shape index (κ2) is 11.0. The molecule has 0 aliphatic carbocycles. The van der Waals surface area contributed by atoms with Gasteiger partial charge in [-0.25, -0.2) is 4.79 Å². The Morgan fingerprint density at radius 1 is 1.09 bits per heavy atom. The summed E-state index contributed by atoms with van der Waals surface area (Å²) in [5, 5.41) is 11.0. The Labute approximate surface area is 252 Å². The third-order valence-corrected chi connectivity index (χ3v) is 8.96. The quantitative estimate of drug-likeness (QED) is 0.204. The summed E-state index contributed by atoms with van der Waals surface area (Å²) in [5.74, 6) is 0.221. The molecule has 0 radical (unpaired) electrons. The molecular weight excluding hydrogens is 538 g/mol. The molecule has 0 bridgehead atoms. The van der Waals surface area contributed by atoms with Crippen LogP contribution in [-0.4, -0.2) is 40.2 Å². The normalized spacial score (nSPS) is 15.5. The first-order chi connectivity index (χ1) is 20.7. The van der Waals surface area contributed by atoms with E-state index in [0.29, 0.717) is 19.0 Å². The van der Waals surface area contributed by atoms with Gasteiger partial charge in [0, 0.05) is 34.8 Å². The van der Waals surface area contributed by atoms with Crippen LogP contribution in [0.4, 0.5) is 5.69 Å². The van der Waals surface area contributed by atoms with Gasteiger partial charge in [-0.3, -0.25) is 9.78 Å². The van der Waals surface area contributed by atoms with E-state index >= 15 is 0 Å². The lowest BCUT2D eigenvalue weighted by atomic mass is 9.82. The fraction of sp³-hybridized carbons (Fsp3) is 0.361. The molecule has 7 heteroatoms. The highest BCUT2D eigenvalue weighted by atomic mass is 16.5. The number of ether oxygens (including phenoxy) is 1. The first kappa shape index (κ1) is 28.7. The van der Waals surface area contributed by atoms with E-state index in [4.69, 9.17) is 9.72 Å². The third-order valence-electron chi connectivity index (χ3n) is 8.96. The lowest BCUT2D eigenvalue weighted by molar-refractivity contribution is -0.132. The molecular formula is C36H39N3O4. The Hall–Kier alpha value is -4.39. The van der Waals surface area contributed by atoms with Gasteiger partial charge in [0.15, 0.2) is 0 Å². The maximum Gasteiger partial charge on any atom is 0.335 e. The zero-order valence-corrected chi connectivity index (χ0v) is 25.6. The molecule has 6 rings (SSSR count). The smallest absolute Gasteiger partial charge is 0.335 e. The number of carboxylic acid groups (broad SMARTS) is 1. The van der Waals surface area contributed by atoms with Gasteiger partial charge in [0.1, 0.15) is 5.75 Å². The molecule has 4 heterocycles. The molecule has 1 N–H and O–H groups in total. The summed E-state index contributed by atoms with van der Waals surface area (Å²) in [5.41, 5.74) is 7.74. The van der Waals surface area contributed by atoms with Crippen LogP contribution >= 0.6 is 0 Å². The maximum absolute atomic E-state index is 13.1. The second-order valence-corrected chi connectivity index (χ2v) is 12.4. The lowest BCUT2D eigenvalue weighted by Crippen LogP contribution is -2.59. The number of amides is 1. The number of β-lactam (4-membered cyclic amide) rings is 1. The molecule has 1 saturated heterocycles. The van der Waals surface area contributed by atoms with Crippen LogP contribution in [0.1, 0.15) is 86.5 Å². The molecule has 1 fully saturated rings. The standard InChI is InChI=1S/C36H39N3O4/c1-6-9-22(10-7-2)31-28-14-12-23(34(40)41)19-30(28)38-20-25(17-24-18-26(43-5)13-15-27(24)33(31)38)32-29(11-8-16-37-32)39-21-36(3,4)35(39)42/h8,11-19,22H,6-7,9-10,20-21H2,1-5H3,(H,40,41). The molecule has 4 aromatic rings. The summed E-state index contributed by atoms with van der Waals surface area (Å²) in [6.07, 6.45) is 8.14. The molecule has 0 unspecified atom stereocenters. The van der Waals surface area contributed by atoms with Crippen molar-refractivity contribution in [2.24, 2.45) is 5.41 Å². The number of hydrogen-bond acceptors (Lipinski definition) is 4. The summed E-state index contributed by atoms with van der Waals surface area (Å²) in [4.78, 5) is 32.0. The van der Waals surface area contributed by atoms with Crippen molar-refractivity contribution < 1.29 is 19.4 Å². The SMILES string of the molecule is CCCC(CCC)c1c2n(c3cc(C(=O)O)ccc13)CC(c1ncccc1N1CC(C)(C)C1=O)=Cc1cc(OC)ccc1-2. The summed E-state index contributed by atoms with van der Waals surface area (Å²) in [6, 6.07) is 15.5. The van der Waals surface area contributed by atoms with Crippen LogP contribution in [0.3, 0.4) is 0 Å². The Kier molecular flexibility index (Phi) is 7.36. The highest BCUT2D eigenvalue weighted by Gasteiger charge is 2.46. The summed E-state index contributed by atoms with van der Waals surface area (Å²) < 4.78 is 7.94. The van der Waals surface area contributed by atoms with Crippen molar-refractivity contribution in [2.45, 2.75) is 65.8 Å². The number of allylic oxidation sites excluding steroid dienone is 1. The van der Waals surface area contributed by atoms with Crippen LogP contribution in [0.2, 0.25) is 0 Å². The summed E-state index contributed by atoms with van der Waals surface area (Å²) in [7, 11) is 1.67. The van der Waals surface area contributed by atoms with Crippen molar-refractivity contribution >= 4 is 40.1 Å². The van der Waals surface area contributed by atoms with Crippen LogP contribution in [0.15, 0.2) is 54.7 Å². The van der Waals surface area contributed by atoms with Gasteiger partial charge in [-0.1, -0.05) is 32.8 Å². The molecule has 2 aliphatic heterocycles. The molecule has 0 spiro atoms. The summed E-state index contributed by atoms with van der Waals surface area (Å²) >= 11 is 0. The first-order valence-corrected chi connectivity index (χ1v) is 15.2. The number of carbonyl (C=O) groups excluding carboxylic acids is 1. The molecule has 43 heavy (non-hydrogen) atoms. The lowest BCUT2D eigenvalue weighted by Gasteiger charge is -2.45. The molecule has 2 aromatic heterocycles. The van der Waals surface area contributed by atoms with Crippen LogP contribution in [0, 0.1) is 5.41 Å². The number of carbonyl (C=O) groups is 2. The van der Waals surface area contributed by atoms with E-state index < -0.39 is 11.4 Å². The third kappa shape index (κ3) is 4.81. The van der Waals surface area contributed by atoms with Gasteiger partial charge < -0.3 is 19.3 Å². The van der Waals surface area contributed by atoms with Crippen LogP contribution < -0.4 is 9.64 Å². The van der Waals surface area contributed by atoms with E-state index in [0.717, 1.165) is 76.1 Å². The average Bonchev–Trinajstić information content (AvgIpc) is 3.21. The molecule has 2 aromatic carbocycles. The van der Waals surface area contributed by atoms with Crippen molar-refractivity contribution in [1.82, 2.24) is 9.55 Å². The van der Waals surface area contributed by atoms with Crippen molar-refractivity contribution in [3.63, 3.8) is 0 Å². The summed E-state index contributed by atoms with van der Waals surface area (Å²) in [6.45, 7) is 9.49. The number of pyridine rings is 1. The number of methoxy groups -OCH3 is 1. The number of anilines is 1. The Balaban J connectivity index is 1.65.